The molecule has 0 saturated carbocycles. The zero-order valence-electron chi connectivity index (χ0n) is 13.8. The van der Waals surface area contributed by atoms with E-state index in [-0.39, 0.29) is 12.1 Å². The zero-order valence-corrected chi connectivity index (χ0v) is 13.8. The summed E-state index contributed by atoms with van der Waals surface area (Å²) < 4.78 is 41.4. The van der Waals surface area contributed by atoms with Crippen LogP contribution in [0.1, 0.15) is 16.8 Å². The van der Waals surface area contributed by atoms with E-state index in [1.54, 1.807) is 37.4 Å². The average Bonchev–Trinajstić information content (AvgIpc) is 3.19. The maximum Gasteiger partial charge on any atom is 0.406 e. The molecule has 0 aliphatic carbocycles. The average molecular weight is 367 g/mol. The van der Waals surface area contributed by atoms with Crippen molar-refractivity contribution in [1.82, 2.24) is 14.7 Å². The van der Waals surface area contributed by atoms with Crippen LogP contribution in [0.25, 0.3) is 11.3 Å². The van der Waals surface area contributed by atoms with Gasteiger partial charge in [0.05, 0.1) is 17.5 Å². The molecule has 1 unspecified atom stereocenters. The molecule has 1 aliphatic heterocycles. The number of carbonyl (C=O) groups excluding carboxylic acids is 1. The molecule has 2 heterocycles. The van der Waals surface area contributed by atoms with Crippen LogP contribution in [0.3, 0.4) is 0 Å². The summed E-state index contributed by atoms with van der Waals surface area (Å²) in [5.41, 5.74) is -1.63. The lowest BCUT2D eigenvalue weighted by molar-refractivity contribution is -0.227. The summed E-state index contributed by atoms with van der Waals surface area (Å²) in [4.78, 5) is 25.0. The highest BCUT2D eigenvalue weighted by atomic mass is 19.4. The van der Waals surface area contributed by atoms with Crippen molar-refractivity contribution >= 4 is 11.9 Å². The van der Waals surface area contributed by atoms with E-state index in [4.69, 9.17) is 5.11 Å². The highest BCUT2D eigenvalue weighted by Gasteiger charge is 2.64. The summed E-state index contributed by atoms with van der Waals surface area (Å²) >= 11 is 0. The fourth-order valence-electron chi connectivity index (χ4n) is 3.21. The Morgan fingerprint density at radius 1 is 1.23 bits per heavy atom. The molecule has 1 aliphatic rings. The minimum atomic E-state index is -4.94. The molecule has 1 saturated heterocycles. The van der Waals surface area contributed by atoms with Gasteiger partial charge in [-0.2, -0.15) is 18.3 Å². The molecule has 1 aromatic heterocycles. The monoisotopic (exact) mass is 367 g/mol. The number of hydrogen-bond donors (Lipinski definition) is 1. The second-order valence-corrected chi connectivity index (χ2v) is 6.26. The molecule has 6 nitrogen and oxygen atoms in total. The van der Waals surface area contributed by atoms with E-state index >= 15 is 0 Å². The van der Waals surface area contributed by atoms with Crippen molar-refractivity contribution in [2.75, 3.05) is 13.1 Å². The predicted molar refractivity (Wildman–Crippen MR) is 85.3 cm³/mol. The van der Waals surface area contributed by atoms with Gasteiger partial charge in [0.1, 0.15) is 0 Å². The lowest BCUT2D eigenvalue weighted by Crippen LogP contribution is -2.47. The van der Waals surface area contributed by atoms with Crippen LogP contribution in [-0.2, 0) is 11.8 Å². The summed E-state index contributed by atoms with van der Waals surface area (Å²) in [6, 6.07) is 8.85. The Kier molecular flexibility index (Phi) is 4.25. The number of nitrogens with zero attached hydrogens (tertiary/aromatic N) is 3. The molecule has 0 bridgehead atoms. The summed E-state index contributed by atoms with van der Waals surface area (Å²) in [7, 11) is 1.63. The van der Waals surface area contributed by atoms with Crippen LogP contribution >= 0.6 is 0 Å². The maximum absolute atomic E-state index is 13.3. The van der Waals surface area contributed by atoms with E-state index in [0.717, 1.165) is 4.90 Å². The first-order chi connectivity index (χ1) is 12.2. The van der Waals surface area contributed by atoms with Gasteiger partial charge >= 0.3 is 12.1 Å². The molecule has 1 atom stereocenters. The van der Waals surface area contributed by atoms with Gasteiger partial charge in [-0.15, -0.1) is 0 Å². The molecule has 3 rings (SSSR count). The number of aromatic nitrogens is 2. The van der Waals surface area contributed by atoms with Gasteiger partial charge in [-0.25, -0.2) is 0 Å². The standard InChI is InChI=1S/C17H16F3N3O3/c1-22-13(11-5-3-2-4-6-11)12(9-21-22)14(24)23-8-7-16(10-23,15(25)26)17(18,19)20/h2-6,9H,7-8,10H2,1H3,(H,25,26). The van der Waals surface area contributed by atoms with Crippen LogP contribution in [-0.4, -0.2) is 50.9 Å². The van der Waals surface area contributed by atoms with E-state index in [1.165, 1.54) is 10.9 Å². The Morgan fingerprint density at radius 2 is 1.88 bits per heavy atom. The van der Waals surface area contributed by atoms with Gasteiger partial charge in [-0.05, 0) is 6.42 Å². The summed E-state index contributed by atoms with van der Waals surface area (Å²) in [6.07, 6.45) is -4.32. The van der Waals surface area contributed by atoms with Gasteiger partial charge in [0.15, 0.2) is 5.41 Å². The molecule has 138 valence electrons. The highest BCUT2D eigenvalue weighted by molar-refractivity contribution is 6.00. The molecule has 1 amide bonds. The number of amides is 1. The number of carbonyl (C=O) groups is 2. The quantitative estimate of drug-likeness (QED) is 0.905. The Morgan fingerprint density at radius 3 is 2.42 bits per heavy atom. The number of likely N-dealkylation sites (tertiary alicyclic amines) is 1. The number of halogens is 3. The van der Waals surface area contributed by atoms with Gasteiger partial charge in [-0.3, -0.25) is 14.3 Å². The summed E-state index contributed by atoms with van der Waals surface area (Å²) in [5, 5.41) is 13.2. The van der Waals surface area contributed by atoms with Crippen LogP contribution in [0.4, 0.5) is 13.2 Å². The van der Waals surface area contributed by atoms with E-state index in [0.29, 0.717) is 11.3 Å². The normalized spacial score (nSPS) is 20.4. The Hall–Kier alpha value is -2.84. The molecular formula is C17H16F3N3O3. The third-order valence-corrected chi connectivity index (χ3v) is 4.72. The van der Waals surface area contributed by atoms with Crippen molar-refractivity contribution in [1.29, 1.82) is 0 Å². The summed E-state index contributed by atoms with van der Waals surface area (Å²) in [5.74, 6) is -2.63. The van der Waals surface area contributed by atoms with Gasteiger partial charge < -0.3 is 10.0 Å². The van der Waals surface area contributed by atoms with Crippen LogP contribution in [0.2, 0.25) is 0 Å². The number of hydrogen-bond acceptors (Lipinski definition) is 3. The third kappa shape index (κ3) is 2.73. The second-order valence-electron chi connectivity index (χ2n) is 6.26. The van der Waals surface area contributed by atoms with Gasteiger partial charge in [0.2, 0.25) is 0 Å². The lowest BCUT2D eigenvalue weighted by Gasteiger charge is -2.27. The number of carboxylic acids is 1. The Labute approximate surface area is 146 Å². The van der Waals surface area contributed by atoms with Crippen molar-refractivity contribution in [3.05, 3.63) is 42.1 Å². The fourth-order valence-corrected chi connectivity index (χ4v) is 3.21. The van der Waals surface area contributed by atoms with Crippen LogP contribution in [0.5, 0.6) is 0 Å². The molecule has 1 aromatic carbocycles. The molecule has 9 heteroatoms. The predicted octanol–water partition coefficient (Wildman–Crippen LogP) is 2.57. The number of aryl methyl sites for hydroxylation is 1. The van der Waals surface area contributed by atoms with E-state index in [9.17, 15) is 22.8 Å². The minimum Gasteiger partial charge on any atom is -0.481 e. The largest absolute Gasteiger partial charge is 0.481 e. The Bertz CT molecular complexity index is 848. The SMILES string of the molecule is Cn1ncc(C(=O)N2CCC(C(=O)O)(C(F)(F)F)C2)c1-c1ccccc1. The molecule has 0 spiro atoms. The first kappa shape index (κ1) is 18.0. The lowest BCUT2D eigenvalue weighted by atomic mass is 9.86. The number of rotatable bonds is 3. The first-order valence-corrected chi connectivity index (χ1v) is 7.84. The molecule has 1 N–H and O–H groups in total. The molecule has 1 fully saturated rings. The van der Waals surface area contributed by atoms with Crippen molar-refractivity contribution in [3.8, 4) is 11.3 Å². The number of alkyl halides is 3. The highest BCUT2D eigenvalue weighted by Crippen LogP contribution is 2.46. The minimum absolute atomic E-state index is 0.141. The van der Waals surface area contributed by atoms with Crippen molar-refractivity contribution in [3.63, 3.8) is 0 Å². The van der Waals surface area contributed by atoms with Gasteiger partial charge in [0, 0.05) is 25.7 Å². The Balaban J connectivity index is 1.94. The maximum atomic E-state index is 13.3. The smallest absolute Gasteiger partial charge is 0.406 e. The van der Waals surface area contributed by atoms with Crippen molar-refractivity contribution in [2.45, 2.75) is 12.6 Å². The number of aliphatic carboxylic acids is 1. The fraction of sp³-hybridized carbons (Fsp3) is 0.353. The van der Waals surface area contributed by atoms with Crippen LogP contribution < -0.4 is 0 Å². The van der Waals surface area contributed by atoms with E-state index < -0.39 is 36.4 Å². The third-order valence-electron chi connectivity index (χ3n) is 4.72. The first-order valence-electron chi connectivity index (χ1n) is 7.84. The molecule has 2 aromatic rings. The second kappa shape index (κ2) is 6.15. The van der Waals surface area contributed by atoms with Gasteiger partial charge in [0.25, 0.3) is 5.91 Å². The zero-order chi connectivity index (χ0) is 19.1. The van der Waals surface area contributed by atoms with Crippen LogP contribution in [0, 0.1) is 5.41 Å². The topological polar surface area (TPSA) is 75.4 Å². The number of carboxylic acid groups (broad SMARTS) is 1. The van der Waals surface area contributed by atoms with Crippen LogP contribution in [0.15, 0.2) is 36.5 Å². The number of benzene rings is 1. The molecule has 26 heavy (non-hydrogen) atoms. The van der Waals surface area contributed by atoms with E-state index in [1.807, 2.05) is 0 Å². The van der Waals surface area contributed by atoms with Crippen molar-refractivity contribution < 1.29 is 27.9 Å². The van der Waals surface area contributed by atoms with E-state index in [2.05, 4.69) is 5.10 Å². The van der Waals surface area contributed by atoms with Crippen molar-refractivity contribution in [2.24, 2.45) is 12.5 Å². The molecular weight excluding hydrogens is 351 g/mol. The molecule has 0 radical (unpaired) electrons. The summed E-state index contributed by atoms with van der Waals surface area (Å²) in [6.45, 7) is -1.19. The van der Waals surface area contributed by atoms with Gasteiger partial charge in [-0.1, -0.05) is 30.3 Å².